The van der Waals surface area contributed by atoms with Gasteiger partial charge in [0.05, 0.1) is 12.2 Å². The lowest BCUT2D eigenvalue weighted by Gasteiger charge is -2.11. The Bertz CT molecular complexity index is 488. The second-order valence-electron chi connectivity index (χ2n) is 3.99. The minimum atomic E-state index is -0.0423. The Labute approximate surface area is 113 Å². The van der Waals surface area contributed by atoms with E-state index in [4.69, 9.17) is 17.3 Å². The van der Waals surface area contributed by atoms with Crippen molar-refractivity contribution >= 4 is 23.2 Å². The van der Waals surface area contributed by atoms with E-state index in [2.05, 4.69) is 17.2 Å². The predicted octanol–water partition coefficient (Wildman–Crippen LogP) is 2.63. The summed E-state index contributed by atoms with van der Waals surface area (Å²) in [6, 6.07) is 5.21. The Morgan fingerprint density at radius 2 is 2.28 bits per heavy atom. The maximum atomic E-state index is 11.9. The third kappa shape index (κ3) is 4.06. The van der Waals surface area contributed by atoms with Crippen molar-refractivity contribution in [2.24, 2.45) is 11.7 Å². The van der Waals surface area contributed by atoms with E-state index in [-0.39, 0.29) is 18.4 Å². The lowest BCUT2D eigenvalue weighted by Crippen LogP contribution is -2.20. The van der Waals surface area contributed by atoms with E-state index < -0.39 is 0 Å². The molecule has 3 nitrogen and oxygen atoms in total. The molecule has 0 fully saturated rings. The van der Waals surface area contributed by atoms with Crippen LogP contribution in [0.25, 0.3) is 0 Å². The smallest absolute Gasteiger partial charge is 0.227 e. The Balaban J connectivity index is 2.99. The zero-order valence-corrected chi connectivity index (χ0v) is 11.3. The van der Waals surface area contributed by atoms with E-state index in [1.807, 2.05) is 13.8 Å². The number of hydrogen-bond acceptors (Lipinski definition) is 2. The first-order chi connectivity index (χ1) is 8.58. The van der Waals surface area contributed by atoms with Crippen LogP contribution in [0.15, 0.2) is 18.2 Å². The van der Waals surface area contributed by atoms with E-state index in [1.165, 1.54) is 0 Å². The maximum absolute atomic E-state index is 11.9. The van der Waals surface area contributed by atoms with Crippen LogP contribution in [0.4, 0.5) is 5.69 Å². The summed E-state index contributed by atoms with van der Waals surface area (Å²) in [4.78, 5) is 11.9. The highest BCUT2D eigenvalue weighted by Crippen LogP contribution is 2.21. The Morgan fingerprint density at radius 1 is 1.56 bits per heavy atom. The molecule has 0 aliphatic heterocycles. The molecule has 1 rings (SSSR count). The van der Waals surface area contributed by atoms with Gasteiger partial charge in [-0.1, -0.05) is 37.3 Å². The number of hydrogen-bond donors (Lipinski definition) is 2. The van der Waals surface area contributed by atoms with Gasteiger partial charge in [-0.3, -0.25) is 4.79 Å². The number of carbonyl (C=O) groups is 1. The van der Waals surface area contributed by atoms with Crippen LogP contribution in [0.3, 0.4) is 0 Å². The Morgan fingerprint density at radius 3 is 2.89 bits per heavy atom. The summed E-state index contributed by atoms with van der Waals surface area (Å²) >= 11 is 5.92. The summed E-state index contributed by atoms with van der Waals surface area (Å²) in [5, 5.41) is 3.41. The molecule has 0 heterocycles. The van der Waals surface area contributed by atoms with Crippen molar-refractivity contribution in [3.8, 4) is 11.8 Å². The van der Waals surface area contributed by atoms with Gasteiger partial charge in [0.1, 0.15) is 0 Å². The molecule has 1 unspecified atom stereocenters. The van der Waals surface area contributed by atoms with Gasteiger partial charge in [-0.2, -0.15) is 0 Å². The van der Waals surface area contributed by atoms with Crippen molar-refractivity contribution in [1.82, 2.24) is 0 Å². The third-order valence-corrected chi connectivity index (χ3v) is 2.86. The van der Waals surface area contributed by atoms with Gasteiger partial charge in [0.15, 0.2) is 0 Å². The molecule has 0 aliphatic rings. The van der Waals surface area contributed by atoms with E-state index in [1.54, 1.807) is 18.2 Å². The number of nitrogens with two attached hydrogens (primary N) is 1. The maximum Gasteiger partial charge on any atom is 0.227 e. The molecule has 1 aromatic carbocycles. The minimum Gasteiger partial charge on any atom is -0.325 e. The second kappa shape index (κ2) is 7.05. The molecule has 3 N–H and O–H groups in total. The van der Waals surface area contributed by atoms with Crippen LogP contribution >= 0.6 is 11.6 Å². The average Bonchev–Trinajstić information content (AvgIpc) is 2.36. The van der Waals surface area contributed by atoms with Gasteiger partial charge < -0.3 is 11.1 Å². The van der Waals surface area contributed by atoms with Gasteiger partial charge in [-0.15, -0.1) is 0 Å². The van der Waals surface area contributed by atoms with Crippen LogP contribution in [-0.2, 0) is 4.79 Å². The van der Waals surface area contributed by atoms with Crippen molar-refractivity contribution in [1.29, 1.82) is 0 Å². The first-order valence-electron chi connectivity index (χ1n) is 5.87. The second-order valence-corrected chi connectivity index (χ2v) is 4.43. The SMILES string of the molecule is CCC(C)C(=O)Nc1cc(Cl)ccc1C#CCN. The van der Waals surface area contributed by atoms with Crippen LogP contribution < -0.4 is 11.1 Å². The Hall–Kier alpha value is -1.50. The van der Waals surface area contributed by atoms with E-state index >= 15 is 0 Å². The monoisotopic (exact) mass is 264 g/mol. The van der Waals surface area contributed by atoms with Crippen LogP contribution in [0.2, 0.25) is 5.02 Å². The van der Waals surface area contributed by atoms with Crippen molar-refractivity contribution in [2.45, 2.75) is 20.3 Å². The molecule has 1 amide bonds. The number of rotatable bonds is 3. The van der Waals surface area contributed by atoms with Gasteiger partial charge in [0.25, 0.3) is 0 Å². The number of nitrogens with one attached hydrogen (secondary N) is 1. The molecule has 1 atom stereocenters. The molecule has 0 saturated carbocycles. The first kappa shape index (κ1) is 14.6. The number of carbonyl (C=O) groups excluding carboxylic acids is 1. The molecule has 96 valence electrons. The zero-order chi connectivity index (χ0) is 13.5. The first-order valence-corrected chi connectivity index (χ1v) is 6.25. The topological polar surface area (TPSA) is 55.1 Å². The van der Waals surface area contributed by atoms with Gasteiger partial charge in [0, 0.05) is 16.5 Å². The van der Waals surface area contributed by atoms with Crippen molar-refractivity contribution < 1.29 is 4.79 Å². The summed E-state index contributed by atoms with van der Waals surface area (Å²) in [5.74, 6) is 5.60. The van der Waals surface area contributed by atoms with E-state index in [0.717, 1.165) is 12.0 Å². The standard InChI is InChI=1S/C14H17ClN2O/c1-3-10(2)14(18)17-13-9-12(15)7-6-11(13)5-4-8-16/h6-7,9-10H,3,8,16H2,1-2H3,(H,17,18). The summed E-state index contributed by atoms with van der Waals surface area (Å²) in [7, 11) is 0. The number of amides is 1. The van der Waals surface area contributed by atoms with E-state index in [0.29, 0.717) is 10.7 Å². The fourth-order valence-electron chi connectivity index (χ4n) is 1.32. The molecule has 4 heteroatoms. The highest BCUT2D eigenvalue weighted by molar-refractivity contribution is 6.31. The van der Waals surface area contributed by atoms with E-state index in [9.17, 15) is 4.79 Å². The van der Waals surface area contributed by atoms with Crippen molar-refractivity contribution in [3.63, 3.8) is 0 Å². The Kier molecular flexibility index (Phi) is 5.70. The molecular weight excluding hydrogens is 248 g/mol. The highest BCUT2D eigenvalue weighted by atomic mass is 35.5. The minimum absolute atomic E-state index is 0.0319. The molecule has 0 bridgehead atoms. The predicted molar refractivity (Wildman–Crippen MR) is 75.5 cm³/mol. The van der Waals surface area contributed by atoms with Gasteiger partial charge in [-0.25, -0.2) is 0 Å². The zero-order valence-electron chi connectivity index (χ0n) is 10.6. The van der Waals surface area contributed by atoms with Crippen molar-refractivity contribution in [3.05, 3.63) is 28.8 Å². The number of benzene rings is 1. The summed E-state index contributed by atoms with van der Waals surface area (Å²) in [5.41, 5.74) is 6.70. The van der Waals surface area contributed by atoms with Gasteiger partial charge in [-0.05, 0) is 24.6 Å². The number of anilines is 1. The molecule has 18 heavy (non-hydrogen) atoms. The molecule has 0 saturated heterocycles. The molecule has 0 aromatic heterocycles. The average molecular weight is 265 g/mol. The van der Waals surface area contributed by atoms with Crippen molar-refractivity contribution in [2.75, 3.05) is 11.9 Å². The van der Waals surface area contributed by atoms with Crippen LogP contribution in [0.1, 0.15) is 25.8 Å². The van der Waals surface area contributed by atoms with Crippen LogP contribution in [0, 0.1) is 17.8 Å². The molecule has 0 aliphatic carbocycles. The van der Waals surface area contributed by atoms with Crippen LogP contribution in [0.5, 0.6) is 0 Å². The summed E-state index contributed by atoms with van der Waals surface area (Å²) in [6.45, 7) is 4.13. The molecule has 0 spiro atoms. The number of halogens is 1. The summed E-state index contributed by atoms with van der Waals surface area (Å²) in [6.07, 6.45) is 0.788. The van der Waals surface area contributed by atoms with Crippen LogP contribution in [-0.4, -0.2) is 12.5 Å². The molecular formula is C14H17ClN2O. The van der Waals surface area contributed by atoms with Gasteiger partial charge >= 0.3 is 0 Å². The van der Waals surface area contributed by atoms with Gasteiger partial charge in [0.2, 0.25) is 5.91 Å². The fourth-order valence-corrected chi connectivity index (χ4v) is 1.49. The largest absolute Gasteiger partial charge is 0.325 e. The summed E-state index contributed by atoms with van der Waals surface area (Å²) < 4.78 is 0. The molecule has 0 radical (unpaired) electrons. The lowest BCUT2D eigenvalue weighted by atomic mass is 10.1. The normalized spacial score (nSPS) is 11.3. The quantitative estimate of drug-likeness (QED) is 0.825. The highest BCUT2D eigenvalue weighted by Gasteiger charge is 2.12. The lowest BCUT2D eigenvalue weighted by molar-refractivity contribution is -0.119. The molecule has 1 aromatic rings. The fraction of sp³-hybridized carbons (Fsp3) is 0.357. The third-order valence-electron chi connectivity index (χ3n) is 2.62.